The highest BCUT2D eigenvalue weighted by Gasteiger charge is 2.33. The van der Waals surface area contributed by atoms with Gasteiger partial charge in [0, 0.05) is 17.1 Å². The number of anilines is 1. The van der Waals surface area contributed by atoms with Crippen LogP contribution in [-0.2, 0) is 32.6 Å². The van der Waals surface area contributed by atoms with Crippen LogP contribution in [0.4, 0.5) is 5.69 Å². The Bertz CT molecular complexity index is 1380. The van der Waals surface area contributed by atoms with E-state index in [9.17, 15) is 18.0 Å². The summed E-state index contributed by atoms with van der Waals surface area (Å²) in [5.74, 6) is -0.772. The van der Waals surface area contributed by atoms with Gasteiger partial charge in [0.05, 0.1) is 10.6 Å². The topological polar surface area (TPSA) is 86.8 Å². The first-order valence-electron chi connectivity index (χ1n) is 13.1. The van der Waals surface area contributed by atoms with E-state index < -0.39 is 28.5 Å². The van der Waals surface area contributed by atoms with Crippen molar-refractivity contribution in [2.24, 2.45) is 0 Å². The molecule has 2 unspecified atom stereocenters. The average molecular weight is 615 g/mol. The number of carbonyl (C=O) groups excluding carboxylic acids is 2. The highest BCUT2D eigenvalue weighted by atomic mass is 79.9. The molecule has 1 N–H and O–H groups in total. The van der Waals surface area contributed by atoms with Crippen molar-refractivity contribution in [2.45, 2.75) is 64.1 Å². The molecule has 2 amide bonds. The molecule has 0 saturated heterocycles. The van der Waals surface area contributed by atoms with Gasteiger partial charge < -0.3 is 10.2 Å². The van der Waals surface area contributed by atoms with Crippen LogP contribution in [0.3, 0.4) is 0 Å². The van der Waals surface area contributed by atoms with Crippen LogP contribution in [0.1, 0.15) is 45.2 Å². The van der Waals surface area contributed by atoms with Gasteiger partial charge in [0.1, 0.15) is 12.6 Å². The lowest BCUT2D eigenvalue weighted by Gasteiger charge is -2.33. The number of amides is 2. The Labute approximate surface area is 240 Å². The summed E-state index contributed by atoms with van der Waals surface area (Å²) in [6.07, 6.45) is 1.33. The van der Waals surface area contributed by atoms with Crippen molar-refractivity contribution >= 4 is 43.5 Å². The smallest absolute Gasteiger partial charge is 0.264 e. The largest absolute Gasteiger partial charge is 0.352 e. The van der Waals surface area contributed by atoms with Crippen molar-refractivity contribution in [3.8, 4) is 0 Å². The van der Waals surface area contributed by atoms with Crippen LogP contribution in [0.2, 0.25) is 0 Å². The number of aryl methyl sites for hydroxylation is 1. The minimum Gasteiger partial charge on any atom is -0.352 e. The molecule has 0 saturated carbocycles. The van der Waals surface area contributed by atoms with Crippen LogP contribution in [0.25, 0.3) is 0 Å². The summed E-state index contributed by atoms with van der Waals surface area (Å²) < 4.78 is 29.8. The summed E-state index contributed by atoms with van der Waals surface area (Å²) in [5, 5.41) is 2.95. The van der Waals surface area contributed by atoms with Crippen molar-refractivity contribution in [3.63, 3.8) is 0 Å². The van der Waals surface area contributed by atoms with E-state index in [1.807, 2.05) is 57.2 Å². The van der Waals surface area contributed by atoms with Gasteiger partial charge in [-0.05, 0) is 68.1 Å². The predicted molar refractivity (Wildman–Crippen MR) is 159 cm³/mol. The van der Waals surface area contributed by atoms with Gasteiger partial charge in [0.15, 0.2) is 0 Å². The molecular weight excluding hydrogens is 578 g/mol. The van der Waals surface area contributed by atoms with E-state index in [1.54, 1.807) is 37.3 Å². The molecule has 7 nitrogen and oxygen atoms in total. The van der Waals surface area contributed by atoms with Crippen molar-refractivity contribution in [1.82, 2.24) is 10.2 Å². The van der Waals surface area contributed by atoms with Crippen molar-refractivity contribution in [3.05, 3.63) is 94.5 Å². The van der Waals surface area contributed by atoms with Crippen LogP contribution >= 0.6 is 15.9 Å². The monoisotopic (exact) mass is 613 g/mol. The number of carbonyl (C=O) groups is 2. The first kappa shape index (κ1) is 30.4. The second-order valence-corrected chi connectivity index (χ2v) is 12.2. The first-order valence-corrected chi connectivity index (χ1v) is 15.3. The summed E-state index contributed by atoms with van der Waals surface area (Å²) in [4.78, 5) is 28.7. The Balaban J connectivity index is 2.05. The minimum absolute atomic E-state index is 0.0610. The maximum atomic E-state index is 14.0. The van der Waals surface area contributed by atoms with Crippen molar-refractivity contribution < 1.29 is 18.0 Å². The quantitative estimate of drug-likeness (QED) is 0.291. The number of sulfonamides is 1. The van der Waals surface area contributed by atoms with Crippen LogP contribution in [-0.4, -0.2) is 43.8 Å². The van der Waals surface area contributed by atoms with Gasteiger partial charge in [-0.1, -0.05) is 78.3 Å². The van der Waals surface area contributed by atoms with E-state index >= 15 is 0 Å². The number of para-hydroxylation sites is 1. The highest BCUT2D eigenvalue weighted by Crippen LogP contribution is 2.28. The molecule has 0 radical (unpaired) electrons. The minimum atomic E-state index is -4.09. The van der Waals surface area contributed by atoms with Crippen LogP contribution in [0.5, 0.6) is 0 Å². The number of nitrogens with zero attached hydrogens (tertiary/aromatic N) is 2. The van der Waals surface area contributed by atoms with Gasteiger partial charge in [-0.3, -0.25) is 13.9 Å². The fourth-order valence-corrected chi connectivity index (χ4v) is 6.09. The van der Waals surface area contributed by atoms with Crippen LogP contribution in [0, 0.1) is 0 Å². The third-order valence-electron chi connectivity index (χ3n) is 6.66. The summed E-state index contributed by atoms with van der Waals surface area (Å²) in [6.45, 7) is 7.17. The van der Waals surface area contributed by atoms with E-state index in [0.29, 0.717) is 12.1 Å². The molecule has 0 aromatic heterocycles. The molecule has 0 fully saturated rings. The van der Waals surface area contributed by atoms with Gasteiger partial charge in [-0.2, -0.15) is 0 Å². The standard InChI is InChI=1S/C30H36BrN3O4S/c1-5-22(3)32-30(36)23(4)33(20-24-13-12-15-26(31)19-24)29(35)21-34(28-18-11-10-14-25(28)6-2)39(37,38)27-16-8-7-9-17-27/h7-19,22-23H,5-6,20-21H2,1-4H3,(H,32,36). The molecule has 9 heteroatoms. The zero-order valence-corrected chi connectivity index (χ0v) is 25.2. The fraction of sp³-hybridized carbons (Fsp3) is 0.333. The molecule has 39 heavy (non-hydrogen) atoms. The van der Waals surface area contributed by atoms with Crippen LogP contribution in [0.15, 0.2) is 88.2 Å². The Kier molecular flexibility index (Phi) is 10.7. The van der Waals surface area contributed by atoms with E-state index in [2.05, 4.69) is 21.2 Å². The van der Waals surface area contributed by atoms with E-state index in [-0.39, 0.29) is 23.4 Å². The highest BCUT2D eigenvalue weighted by molar-refractivity contribution is 9.10. The molecule has 3 aromatic rings. The SMILES string of the molecule is CCc1ccccc1N(CC(=O)N(Cc1cccc(Br)c1)C(C)C(=O)NC(C)CC)S(=O)(=O)c1ccccc1. The molecule has 0 bridgehead atoms. The Morgan fingerprint density at radius 3 is 2.23 bits per heavy atom. The Morgan fingerprint density at radius 2 is 1.59 bits per heavy atom. The van der Waals surface area contributed by atoms with Gasteiger partial charge >= 0.3 is 0 Å². The number of nitrogens with one attached hydrogen (secondary N) is 1. The van der Waals surface area contributed by atoms with Gasteiger partial charge in [0.25, 0.3) is 10.0 Å². The van der Waals surface area contributed by atoms with E-state index in [4.69, 9.17) is 0 Å². The summed E-state index contributed by atoms with van der Waals surface area (Å²) in [7, 11) is -4.09. The number of benzene rings is 3. The van der Waals surface area contributed by atoms with Gasteiger partial charge in [0.2, 0.25) is 11.8 Å². The molecule has 208 valence electrons. The summed E-state index contributed by atoms with van der Waals surface area (Å²) >= 11 is 3.47. The van der Waals surface area contributed by atoms with Gasteiger partial charge in [-0.25, -0.2) is 8.42 Å². The lowest BCUT2D eigenvalue weighted by Crippen LogP contribution is -2.52. The fourth-order valence-electron chi connectivity index (χ4n) is 4.17. The third kappa shape index (κ3) is 7.70. The number of hydrogen-bond donors (Lipinski definition) is 1. The molecule has 0 heterocycles. The number of hydrogen-bond acceptors (Lipinski definition) is 4. The second-order valence-electron chi connectivity index (χ2n) is 9.45. The molecule has 0 spiro atoms. The lowest BCUT2D eigenvalue weighted by molar-refractivity contribution is -0.139. The van der Waals surface area contributed by atoms with Crippen molar-refractivity contribution in [2.75, 3.05) is 10.8 Å². The van der Waals surface area contributed by atoms with E-state index in [1.165, 1.54) is 17.0 Å². The number of rotatable bonds is 12. The second kappa shape index (κ2) is 13.8. The normalized spacial score (nSPS) is 12.8. The predicted octanol–water partition coefficient (Wildman–Crippen LogP) is 5.54. The Morgan fingerprint density at radius 1 is 0.923 bits per heavy atom. The van der Waals surface area contributed by atoms with Crippen LogP contribution < -0.4 is 9.62 Å². The first-order chi connectivity index (χ1) is 18.6. The number of halogens is 1. The van der Waals surface area contributed by atoms with Crippen molar-refractivity contribution in [1.29, 1.82) is 0 Å². The summed E-state index contributed by atoms with van der Waals surface area (Å²) in [6, 6.07) is 21.9. The van der Waals surface area contributed by atoms with Gasteiger partial charge in [-0.15, -0.1) is 0 Å². The lowest BCUT2D eigenvalue weighted by atomic mass is 10.1. The Hall–Kier alpha value is -3.17. The maximum Gasteiger partial charge on any atom is 0.264 e. The molecule has 0 aliphatic carbocycles. The molecular formula is C30H36BrN3O4S. The molecule has 2 atom stereocenters. The summed E-state index contributed by atoms with van der Waals surface area (Å²) in [5.41, 5.74) is 2.05. The van der Waals surface area contributed by atoms with E-state index in [0.717, 1.165) is 26.3 Å². The zero-order valence-electron chi connectivity index (χ0n) is 22.8. The zero-order chi connectivity index (χ0) is 28.6. The average Bonchev–Trinajstić information content (AvgIpc) is 2.94. The maximum absolute atomic E-state index is 14.0. The third-order valence-corrected chi connectivity index (χ3v) is 8.93. The molecule has 3 rings (SSSR count). The molecule has 0 aliphatic rings. The molecule has 3 aromatic carbocycles. The molecule has 0 aliphatic heterocycles.